The van der Waals surface area contributed by atoms with Crippen molar-refractivity contribution in [3.8, 4) is 0 Å². The number of hydrogen-bond acceptors (Lipinski definition) is 5. The first-order chi connectivity index (χ1) is 18.0. The largest absolute Gasteiger partial charge is 0.417 e. The molecular weight excluding hydrogens is 496 g/mol. The van der Waals surface area contributed by atoms with Crippen molar-refractivity contribution in [2.45, 2.75) is 69.1 Å². The topological polar surface area (TPSA) is 82.0 Å². The Kier molecular flexibility index (Phi) is 6.82. The Bertz CT molecular complexity index is 1350. The Hall–Kier alpha value is -2.88. The zero-order valence-corrected chi connectivity index (χ0v) is 24.4. The molecular formula is C29H40N4O4Si. The highest BCUT2D eigenvalue weighted by atomic mass is 28.3. The van der Waals surface area contributed by atoms with Crippen molar-refractivity contribution in [3.63, 3.8) is 0 Å². The zero-order valence-electron chi connectivity index (χ0n) is 23.4. The number of ether oxygens (including phenoxy) is 1. The van der Waals surface area contributed by atoms with E-state index in [-0.39, 0.29) is 29.6 Å². The van der Waals surface area contributed by atoms with Crippen molar-refractivity contribution < 1.29 is 13.9 Å². The first kappa shape index (κ1) is 26.7. The maximum absolute atomic E-state index is 14.1. The number of oxazole rings is 1. The lowest BCUT2D eigenvalue weighted by Gasteiger charge is -2.51. The van der Waals surface area contributed by atoms with Gasteiger partial charge in [-0.15, -0.1) is 0 Å². The maximum atomic E-state index is 14.1. The summed E-state index contributed by atoms with van der Waals surface area (Å²) in [5, 5.41) is 0. The van der Waals surface area contributed by atoms with Gasteiger partial charge >= 0.3 is 11.8 Å². The molecule has 1 saturated heterocycles. The van der Waals surface area contributed by atoms with E-state index in [1.165, 1.54) is 5.56 Å². The van der Waals surface area contributed by atoms with E-state index in [0.717, 1.165) is 25.7 Å². The maximum Gasteiger partial charge on any atom is 0.417 e. The molecule has 1 N–H and O–H groups in total. The minimum atomic E-state index is -1.55. The van der Waals surface area contributed by atoms with Crippen molar-refractivity contribution in [3.05, 3.63) is 64.6 Å². The van der Waals surface area contributed by atoms with Gasteiger partial charge in [0, 0.05) is 11.3 Å². The van der Waals surface area contributed by atoms with Gasteiger partial charge in [-0.05, 0) is 64.4 Å². The molecule has 5 rings (SSSR count). The fraction of sp³-hybridized carbons (Fsp3) is 0.517. The number of carbonyl (C=O) groups is 1. The standard InChI is InChI=1S/C29H40N4O4Si/c1-21(38(4,5)6)36-20-33-27(35)32(24-14-10-13-23-25(24)37-26(34)30-23)19-28(33)15-17-29(18-16-28,31(2)3)22-11-8-7-9-12-22/h7-14,21H,15-20H2,1-6H3,(H,30,34). The first-order valence-electron chi connectivity index (χ1n) is 13.5. The third-order valence-electron chi connectivity index (χ3n) is 9.05. The van der Waals surface area contributed by atoms with Gasteiger partial charge in [-0.2, -0.15) is 0 Å². The summed E-state index contributed by atoms with van der Waals surface area (Å²) in [5.74, 6) is -0.519. The summed E-state index contributed by atoms with van der Waals surface area (Å²) in [6.07, 6.45) is 3.55. The molecule has 1 aromatic heterocycles. The Morgan fingerprint density at radius 3 is 2.34 bits per heavy atom. The van der Waals surface area contributed by atoms with Gasteiger partial charge < -0.3 is 9.15 Å². The number of carbonyl (C=O) groups excluding carboxylic acids is 1. The summed E-state index contributed by atoms with van der Waals surface area (Å²) in [4.78, 5) is 34.9. The number of anilines is 1. The van der Waals surface area contributed by atoms with Gasteiger partial charge in [0.05, 0.1) is 31.4 Å². The van der Waals surface area contributed by atoms with Crippen LogP contribution >= 0.6 is 0 Å². The fourth-order valence-electron chi connectivity index (χ4n) is 6.08. The number of fused-ring (bicyclic) bond motifs is 1. The number of H-pyrrole nitrogens is 1. The van der Waals surface area contributed by atoms with Crippen LogP contribution in [-0.4, -0.2) is 67.5 Å². The van der Waals surface area contributed by atoms with Crippen LogP contribution in [-0.2, 0) is 10.3 Å². The second-order valence-electron chi connectivity index (χ2n) is 12.3. The summed E-state index contributed by atoms with van der Waals surface area (Å²) in [6.45, 7) is 9.76. The number of aromatic nitrogens is 1. The van der Waals surface area contributed by atoms with Gasteiger partial charge in [-0.3, -0.25) is 19.7 Å². The number of para-hydroxylation sites is 1. The van der Waals surface area contributed by atoms with E-state index in [4.69, 9.17) is 9.15 Å². The number of hydrogen-bond donors (Lipinski definition) is 1. The van der Waals surface area contributed by atoms with Crippen LogP contribution < -0.4 is 10.7 Å². The van der Waals surface area contributed by atoms with Gasteiger partial charge in [-0.25, -0.2) is 9.59 Å². The lowest BCUT2D eigenvalue weighted by molar-refractivity contribution is -0.0351. The number of rotatable bonds is 7. The third-order valence-corrected chi connectivity index (χ3v) is 11.7. The van der Waals surface area contributed by atoms with Gasteiger partial charge in [-0.1, -0.05) is 56.0 Å². The summed E-state index contributed by atoms with van der Waals surface area (Å²) in [6, 6.07) is 16.1. The molecule has 2 aromatic carbocycles. The number of nitrogens with one attached hydrogen (secondary N) is 1. The zero-order chi connectivity index (χ0) is 27.3. The van der Waals surface area contributed by atoms with E-state index in [9.17, 15) is 9.59 Å². The first-order valence-corrected chi connectivity index (χ1v) is 17.1. The molecule has 8 nitrogen and oxygen atoms in total. The molecule has 2 fully saturated rings. The minimum absolute atomic E-state index is 0.0887. The van der Waals surface area contributed by atoms with Gasteiger partial charge in [0.25, 0.3) is 0 Å². The Morgan fingerprint density at radius 1 is 1.03 bits per heavy atom. The molecule has 1 saturated carbocycles. The number of aromatic amines is 1. The monoisotopic (exact) mass is 536 g/mol. The van der Waals surface area contributed by atoms with E-state index < -0.39 is 13.8 Å². The van der Waals surface area contributed by atoms with Crippen LogP contribution in [0.3, 0.4) is 0 Å². The van der Waals surface area contributed by atoms with Crippen molar-refractivity contribution in [1.29, 1.82) is 0 Å². The minimum Gasteiger partial charge on any atom is -0.406 e. The van der Waals surface area contributed by atoms with E-state index in [1.54, 1.807) is 11.0 Å². The van der Waals surface area contributed by atoms with E-state index in [0.29, 0.717) is 23.3 Å². The number of amides is 2. The Morgan fingerprint density at radius 2 is 1.71 bits per heavy atom. The van der Waals surface area contributed by atoms with Crippen LogP contribution in [0.4, 0.5) is 10.5 Å². The lowest BCUT2D eigenvalue weighted by Crippen LogP contribution is -2.56. The molecule has 0 radical (unpaired) electrons. The average molecular weight is 537 g/mol. The quantitative estimate of drug-likeness (QED) is 0.411. The molecule has 1 aliphatic carbocycles. The van der Waals surface area contributed by atoms with Gasteiger partial charge in [0.15, 0.2) is 5.58 Å². The van der Waals surface area contributed by atoms with E-state index in [1.807, 2.05) is 17.0 Å². The van der Waals surface area contributed by atoms with E-state index >= 15 is 0 Å². The fourth-order valence-corrected chi connectivity index (χ4v) is 6.66. The van der Waals surface area contributed by atoms with Gasteiger partial charge in [0.2, 0.25) is 0 Å². The SMILES string of the molecule is CC(OCN1C(=O)N(c2cccc3[nH]c(=O)oc23)CC12CCC(c1ccccc1)(N(C)C)CC2)[Si](C)(C)C. The predicted octanol–water partition coefficient (Wildman–Crippen LogP) is 5.37. The van der Waals surface area contributed by atoms with Crippen molar-refractivity contribution >= 4 is 30.9 Å². The summed E-state index contributed by atoms with van der Waals surface area (Å²) >= 11 is 0. The molecule has 2 amide bonds. The predicted molar refractivity (Wildman–Crippen MR) is 153 cm³/mol. The molecule has 9 heteroatoms. The second-order valence-corrected chi connectivity index (χ2v) is 17.8. The molecule has 1 aliphatic heterocycles. The van der Waals surface area contributed by atoms with Crippen LogP contribution in [0.5, 0.6) is 0 Å². The highest BCUT2D eigenvalue weighted by molar-refractivity contribution is 6.77. The highest BCUT2D eigenvalue weighted by Gasteiger charge is 2.55. The highest BCUT2D eigenvalue weighted by Crippen LogP contribution is 2.49. The third kappa shape index (κ3) is 4.50. The molecule has 1 unspecified atom stereocenters. The average Bonchev–Trinajstić information content (AvgIpc) is 3.39. The summed E-state index contributed by atoms with van der Waals surface area (Å²) < 4.78 is 11.9. The lowest BCUT2D eigenvalue weighted by atomic mass is 9.68. The molecule has 3 aromatic rings. The second kappa shape index (κ2) is 9.70. The van der Waals surface area contributed by atoms with Crippen molar-refractivity contribution in [2.24, 2.45) is 0 Å². The molecule has 38 heavy (non-hydrogen) atoms. The molecule has 1 spiro atoms. The molecule has 2 heterocycles. The Labute approximate surface area is 225 Å². The number of urea groups is 1. The summed E-state index contributed by atoms with van der Waals surface area (Å²) in [7, 11) is 2.76. The smallest absolute Gasteiger partial charge is 0.406 e. The number of nitrogens with zero attached hydrogens (tertiary/aromatic N) is 3. The van der Waals surface area contributed by atoms with Gasteiger partial charge in [0.1, 0.15) is 6.73 Å². The number of benzene rings is 2. The van der Waals surface area contributed by atoms with Crippen LogP contribution in [0.2, 0.25) is 19.6 Å². The van der Waals surface area contributed by atoms with E-state index in [2.05, 4.69) is 80.9 Å². The molecule has 2 aliphatic rings. The van der Waals surface area contributed by atoms with Crippen molar-refractivity contribution in [1.82, 2.24) is 14.8 Å². The normalized spacial score (nSPS) is 25.2. The summed E-state index contributed by atoms with van der Waals surface area (Å²) in [5.41, 5.74) is 2.60. The molecule has 1 atom stereocenters. The van der Waals surface area contributed by atoms with Crippen LogP contribution in [0.1, 0.15) is 38.2 Å². The Balaban J connectivity index is 1.50. The van der Waals surface area contributed by atoms with Crippen LogP contribution in [0.15, 0.2) is 57.7 Å². The molecule has 0 bridgehead atoms. The van der Waals surface area contributed by atoms with Crippen molar-refractivity contribution in [2.75, 3.05) is 32.3 Å². The molecule has 204 valence electrons. The van der Waals surface area contributed by atoms with Crippen LogP contribution in [0.25, 0.3) is 11.1 Å². The van der Waals surface area contributed by atoms with Crippen LogP contribution in [0, 0.1) is 0 Å².